The van der Waals surface area contributed by atoms with Crippen LogP contribution in [0.1, 0.15) is 12.8 Å². The Balaban J connectivity index is 1.65. The van der Waals surface area contributed by atoms with Crippen molar-refractivity contribution in [2.24, 2.45) is 4.99 Å². The first-order chi connectivity index (χ1) is 11.8. The predicted molar refractivity (Wildman–Crippen MR) is 96.5 cm³/mol. The van der Waals surface area contributed by atoms with E-state index in [-0.39, 0.29) is 6.03 Å². The summed E-state index contributed by atoms with van der Waals surface area (Å²) in [6, 6.07) is 9.85. The van der Waals surface area contributed by atoms with Crippen molar-refractivity contribution in [1.82, 2.24) is 14.5 Å². The average molecular weight is 356 g/mol. The summed E-state index contributed by atoms with van der Waals surface area (Å²) in [4.78, 5) is 24.6. The highest BCUT2D eigenvalue weighted by Gasteiger charge is 2.17. The van der Waals surface area contributed by atoms with Gasteiger partial charge in [-0.3, -0.25) is 9.55 Å². The van der Waals surface area contributed by atoms with Crippen LogP contribution in [0, 0.1) is 0 Å². The Hall–Kier alpha value is -2.25. The molecule has 0 aliphatic carbocycles. The number of urea groups is 1. The molecule has 1 fully saturated rings. The van der Waals surface area contributed by atoms with Crippen LogP contribution in [0.3, 0.4) is 0 Å². The second-order valence-electron chi connectivity index (χ2n) is 5.50. The van der Waals surface area contributed by atoms with Crippen molar-refractivity contribution in [3.05, 3.63) is 52.9 Å². The van der Waals surface area contributed by atoms with E-state index in [0.29, 0.717) is 4.80 Å². The molecule has 5 nitrogen and oxygen atoms in total. The highest BCUT2D eigenvalue weighted by atomic mass is 32.1. The molecule has 7 heteroatoms. The van der Waals surface area contributed by atoms with E-state index in [4.69, 9.17) is 0 Å². The highest BCUT2D eigenvalue weighted by Crippen LogP contribution is 2.28. The number of likely N-dealkylation sites (tertiary alicyclic amines) is 1. The fourth-order valence-electron chi connectivity index (χ4n) is 2.68. The third kappa shape index (κ3) is 3.05. The zero-order valence-electron chi connectivity index (χ0n) is 13.0. The molecule has 24 heavy (non-hydrogen) atoms. The van der Waals surface area contributed by atoms with Gasteiger partial charge in [0.15, 0.2) is 4.80 Å². The fourth-order valence-corrected chi connectivity index (χ4v) is 4.42. The van der Waals surface area contributed by atoms with Crippen LogP contribution >= 0.6 is 22.7 Å². The lowest BCUT2D eigenvalue weighted by atomic mass is 10.3. The van der Waals surface area contributed by atoms with Crippen LogP contribution in [0.4, 0.5) is 4.79 Å². The molecule has 0 saturated carbocycles. The molecule has 3 aromatic heterocycles. The van der Waals surface area contributed by atoms with Crippen molar-refractivity contribution < 1.29 is 4.79 Å². The van der Waals surface area contributed by atoms with Crippen molar-refractivity contribution in [3.63, 3.8) is 0 Å². The first kappa shape index (κ1) is 15.3. The van der Waals surface area contributed by atoms with Crippen molar-refractivity contribution >= 4 is 28.7 Å². The molecule has 3 aromatic rings. The van der Waals surface area contributed by atoms with Crippen LogP contribution in [0.5, 0.6) is 0 Å². The normalized spacial score (nSPS) is 15.2. The van der Waals surface area contributed by atoms with E-state index < -0.39 is 0 Å². The maximum atomic E-state index is 12.3. The van der Waals surface area contributed by atoms with E-state index in [1.165, 1.54) is 11.3 Å². The van der Waals surface area contributed by atoms with Gasteiger partial charge in [0.05, 0.1) is 10.6 Å². The van der Waals surface area contributed by atoms with Crippen LogP contribution in [0.25, 0.3) is 15.6 Å². The Bertz CT molecular complexity index is 904. The van der Waals surface area contributed by atoms with Gasteiger partial charge in [0, 0.05) is 30.9 Å². The molecule has 1 aliphatic heterocycles. The SMILES string of the molecule is O=C(N=c1sccn1-c1ccc(-c2ccccn2)s1)N1CCCC1. The van der Waals surface area contributed by atoms with E-state index in [0.717, 1.165) is 41.5 Å². The smallest absolute Gasteiger partial charge is 0.323 e. The first-order valence-electron chi connectivity index (χ1n) is 7.83. The Labute approximate surface area is 147 Å². The quantitative estimate of drug-likeness (QED) is 0.702. The van der Waals surface area contributed by atoms with Crippen LogP contribution in [0.15, 0.2) is 53.1 Å². The van der Waals surface area contributed by atoms with Gasteiger partial charge in [-0.1, -0.05) is 6.07 Å². The number of hydrogen-bond donors (Lipinski definition) is 0. The lowest BCUT2D eigenvalue weighted by Crippen LogP contribution is -2.27. The molecule has 1 saturated heterocycles. The fraction of sp³-hybridized carbons (Fsp3) is 0.235. The van der Waals surface area contributed by atoms with Crippen LogP contribution < -0.4 is 4.80 Å². The van der Waals surface area contributed by atoms with Gasteiger partial charge >= 0.3 is 6.03 Å². The van der Waals surface area contributed by atoms with Crippen LogP contribution in [-0.4, -0.2) is 33.6 Å². The second kappa shape index (κ2) is 6.70. The van der Waals surface area contributed by atoms with Gasteiger partial charge in [0.2, 0.25) is 0 Å². The first-order valence-corrected chi connectivity index (χ1v) is 9.52. The zero-order valence-corrected chi connectivity index (χ0v) is 14.6. The van der Waals surface area contributed by atoms with Gasteiger partial charge in [-0.05, 0) is 37.1 Å². The van der Waals surface area contributed by atoms with Gasteiger partial charge in [0.1, 0.15) is 5.00 Å². The maximum Gasteiger partial charge on any atom is 0.346 e. The van der Waals surface area contributed by atoms with E-state index >= 15 is 0 Å². The second-order valence-corrected chi connectivity index (χ2v) is 7.43. The minimum absolute atomic E-state index is 0.134. The van der Waals surface area contributed by atoms with E-state index in [2.05, 4.69) is 16.0 Å². The molecule has 122 valence electrons. The molecule has 4 heterocycles. The Morgan fingerprint density at radius 3 is 2.83 bits per heavy atom. The number of thiazole rings is 1. The maximum absolute atomic E-state index is 12.3. The highest BCUT2D eigenvalue weighted by molar-refractivity contribution is 7.18. The minimum Gasteiger partial charge on any atom is -0.323 e. The van der Waals surface area contributed by atoms with E-state index in [1.54, 1.807) is 17.5 Å². The molecule has 0 atom stereocenters. The molecule has 1 aliphatic rings. The summed E-state index contributed by atoms with van der Waals surface area (Å²) in [7, 11) is 0. The lowest BCUT2D eigenvalue weighted by molar-refractivity contribution is 0.218. The standard InChI is InChI=1S/C17H16N4OS2/c22-16(20-9-3-4-10-20)19-17-21(11-12-23-17)15-7-6-14(24-15)13-5-1-2-8-18-13/h1-2,5-8,11-12H,3-4,9-10H2. The van der Waals surface area contributed by atoms with Crippen LogP contribution in [-0.2, 0) is 0 Å². The van der Waals surface area contributed by atoms with Gasteiger partial charge in [-0.25, -0.2) is 4.79 Å². The lowest BCUT2D eigenvalue weighted by Gasteiger charge is -2.10. The molecule has 0 unspecified atom stereocenters. The molecule has 4 rings (SSSR count). The van der Waals surface area contributed by atoms with Gasteiger partial charge in [-0.2, -0.15) is 4.99 Å². The number of amides is 2. The number of pyridine rings is 1. The van der Waals surface area contributed by atoms with Crippen molar-refractivity contribution in [2.45, 2.75) is 12.8 Å². The van der Waals surface area contributed by atoms with Gasteiger partial charge < -0.3 is 4.90 Å². The van der Waals surface area contributed by atoms with Gasteiger partial charge in [-0.15, -0.1) is 22.7 Å². The molecule has 0 spiro atoms. The zero-order chi connectivity index (χ0) is 16.4. The Kier molecular flexibility index (Phi) is 4.27. The van der Waals surface area contributed by atoms with Crippen LogP contribution in [0.2, 0.25) is 0 Å². The minimum atomic E-state index is -0.134. The number of aromatic nitrogens is 2. The third-order valence-electron chi connectivity index (χ3n) is 3.90. The summed E-state index contributed by atoms with van der Waals surface area (Å²) in [6.07, 6.45) is 5.89. The van der Waals surface area contributed by atoms with Crippen molar-refractivity contribution in [3.8, 4) is 15.6 Å². The summed E-state index contributed by atoms with van der Waals surface area (Å²) in [6.45, 7) is 1.63. The topological polar surface area (TPSA) is 50.5 Å². The number of carbonyl (C=O) groups excluding carboxylic acids is 1. The van der Waals surface area contributed by atoms with E-state index in [1.807, 2.05) is 45.3 Å². The van der Waals surface area contributed by atoms with Gasteiger partial charge in [0.25, 0.3) is 0 Å². The molecular weight excluding hydrogens is 340 g/mol. The number of thiophene rings is 1. The molecular formula is C17H16N4OS2. The Morgan fingerprint density at radius 2 is 2.04 bits per heavy atom. The summed E-state index contributed by atoms with van der Waals surface area (Å²) >= 11 is 3.12. The molecule has 0 radical (unpaired) electrons. The summed E-state index contributed by atoms with van der Waals surface area (Å²) < 4.78 is 1.97. The monoisotopic (exact) mass is 356 g/mol. The largest absolute Gasteiger partial charge is 0.346 e. The molecule has 0 aromatic carbocycles. The third-order valence-corrected chi connectivity index (χ3v) is 5.77. The average Bonchev–Trinajstić information content (AvgIpc) is 3.36. The summed E-state index contributed by atoms with van der Waals surface area (Å²) in [5.74, 6) is 0. The number of rotatable bonds is 2. The molecule has 0 bridgehead atoms. The van der Waals surface area contributed by atoms with E-state index in [9.17, 15) is 4.79 Å². The van der Waals surface area contributed by atoms with Crippen molar-refractivity contribution in [1.29, 1.82) is 0 Å². The number of carbonyl (C=O) groups is 1. The summed E-state index contributed by atoms with van der Waals surface area (Å²) in [5, 5.41) is 2.99. The Morgan fingerprint density at radius 1 is 1.17 bits per heavy atom. The van der Waals surface area contributed by atoms with Crippen molar-refractivity contribution in [2.75, 3.05) is 13.1 Å². The predicted octanol–water partition coefficient (Wildman–Crippen LogP) is 3.78. The molecule has 0 N–H and O–H groups in total. The number of hydrogen-bond acceptors (Lipinski definition) is 4. The summed E-state index contributed by atoms with van der Waals surface area (Å²) in [5.41, 5.74) is 0.955. The number of nitrogens with zero attached hydrogens (tertiary/aromatic N) is 4. The molecule has 2 amide bonds.